The minimum absolute atomic E-state index is 0.112. The van der Waals surface area contributed by atoms with Crippen LogP contribution in [0.2, 0.25) is 0 Å². The largest absolute Gasteiger partial charge is 0.477 e. The minimum atomic E-state index is -0.510. The van der Waals surface area contributed by atoms with Gasteiger partial charge in [0.05, 0.1) is 20.1 Å². The van der Waals surface area contributed by atoms with Crippen molar-refractivity contribution in [3.8, 4) is 5.75 Å². The molecule has 0 N–H and O–H groups in total. The number of amides is 1. The van der Waals surface area contributed by atoms with Crippen molar-refractivity contribution >= 4 is 33.1 Å². The van der Waals surface area contributed by atoms with E-state index in [0.29, 0.717) is 13.1 Å². The number of fused-ring (bicyclic) bond motifs is 1. The van der Waals surface area contributed by atoms with Gasteiger partial charge < -0.3 is 9.64 Å². The Balaban J connectivity index is 1.41. The lowest BCUT2D eigenvalue weighted by Gasteiger charge is -2.31. The Morgan fingerprint density at radius 3 is 2.86 bits per heavy atom. The molecule has 0 saturated carbocycles. The molecule has 0 bridgehead atoms. The molecule has 1 saturated heterocycles. The van der Waals surface area contributed by atoms with Gasteiger partial charge in [0, 0.05) is 25.1 Å². The molecule has 144 valence electrons. The number of carbonyl (C=O) groups excluding carboxylic acids is 1. The van der Waals surface area contributed by atoms with Crippen LogP contribution >= 0.6 is 11.3 Å². The van der Waals surface area contributed by atoms with Gasteiger partial charge in [0.2, 0.25) is 0 Å². The van der Waals surface area contributed by atoms with Crippen molar-refractivity contribution in [2.45, 2.75) is 18.8 Å². The van der Waals surface area contributed by atoms with Crippen molar-refractivity contribution in [3.05, 3.63) is 63.7 Å². The molecular weight excluding hydrogens is 378 g/mol. The number of nitro benzene ring substituents is 1. The zero-order valence-corrected chi connectivity index (χ0v) is 15.9. The van der Waals surface area contributed by atoms with E-state index in [9.17, 15) is 14.9 Å². The van der Waals surface area contributed by atoms with Crippen molar-refractivity contribution in [2.75, 3.05) is 19.7 Å². The van der Waals surface area contributed by atoms with Crippen LogP contribution in [0.15, 0.2) is 48.5 Å². The van der Waals surface area contributed by atoms with Crippen LogP contribution in [0.25, 0.3) is 10.2 Å². The third-order valence-corrected chi connectivity index (χ3v) is 6.05. The number of para-hydroxylation sites is 3. The summed E-state index contributed by atoms with van der Waals surface area (Å²) in [7, 11) is 0. The zero-order chi connectivity index (χ0) is 19.5. The summed E-state index contributed by atoms with van der Waals surface area (Å²) in [5, 5.41) is 12.1. The molecule has 8 heteroatoms. The van der Waals surface area contributed by atoms with Crippen LogP contribution in [-0.4, -0.2) is 40.4 Å². The monoisotopic (exact) mass is 397 g/mol. The lowest BCUT2D eigenvalue weighted by atomic mass is 9.99. The fourth-order valence-corrected chi connectivity index (χ4v) is 4.52. The first-order valence-corrected chi connectivity index (χ1v) is 9.93. The van der Waals surface area contributed by atoms with Gasteiger partial charge in [-0.2, -0.15) is 0 Å². The predicted octanol–water partition coefficient (Wildman–Crippen LogP) is 3.99. The second-order valence-corrected chi connectivity index (χ2v) is 7.77. The smallest absolute Gasteiger partial charge is 0.310 e. The lowest BCUT2D eigenvalue weighted by Crippen LogP contribution is -2.41. The zero-order valence-electron chi connectivity index (χ0n) is 15.1. The first-order valence-electron chi connectivity index (χ1n) is 9.11. The maximum absolute atomic E-state index is 12.6. The van der Waals surface area contributed by atoms with Gasteiger partial charge in [0.15, 0.2) is 12.4 Å². The van der Waals surface area contributed by atoms with Gasteiger partial charge in [-0.3, -0.25) is 14.9 Å². The normalized spacial score (nSPS) is 16.9. The molecule has 1 aliphatic heterocycles. The van der Waals surface area contributed by atoms with E-state index in [1.165, 1.54) is 12.1 Å². The van der Waals surface area contributed by atoms with E-state index in [2.05, 4.69) is 6.07 Å². The van der Waals surface area contributed by atoms with E-state index >= 15 is 0 Å². The van der Waals surface area contributed by atoms with Gasteiger partial charge in [-0.1, -0.05) is 24.3 Å². The topological polar surface area (TPSA) is 85.6 Å². The molecule has 0 radical (unpaired) electrons. The highest BCUT2D eigenvalue weighted by atomic mass is 32.1. The third-order valence-electron chi connectivity index (χ3n) is 4.85. The molecule has 0 unspecified atom stereocenters. The summed E-state index contributed by atoms with van der Waals surface area (Å²) in [4.78, 5) is 29.7. The molecule has 7 nitrogen and oxygen atoms in total. The summed E-state index contributed by atoms with van der Waals surface area (Å²) in [5.74, 6) is 0.158. The van der Waals surface area contributed by atoms with Crippen molar-refractivity contribution in [3.63, 3.8) is 0 Å². The summed E-state index contributed by atoms with van der Waals surface area (Å²) in [6.07, 6.45) is 1.90. The van der Waals surface area contributed by atoms with Crippen LogP contribution in [-0.2, 0) is 4.79 Å². The summed E-state index contributed by atoms with van der Waals surface area (Å²) < 4.78 is 6.61. The number of carbonyl (C=O) groups is 1. The summed E-state index contributed by atoms with van der Waals surface area (Å²) in [6, 6.07) is 14.1. The molecule has 3 aromatic rings. The fourth-order valence-electron chi connectivity index (χ4n) is 3.43. The van der Waals surface area contributed by atoms with E-state index in [1.807, 2.05) is 18.2 Å². The number of benzene rings is 2. The second-order valence-electron chi connectivity index (χ2n) is 6.71. The van der Waals surface area contributed by atoms with Crippen molar-refractivity contribution in [2.24, 2.45) is 0 Å². The molecule has 28 heavy (non-hydrogen) atoms. The summed E-state index contributed by atoms with van der Waals surface area (Å²) in [5.41, 5.74) is 0.854. The van der Waals surface area contributed by atoms with Crippen molar-refractivity contribution in [1.29, 1.82) is 0 Å². The Hall–Kier alpha value is -3.00. The quantitative estimate of drug-likeness (QED) is 0.480. The Kier molecular flexibility index (Phi) is 5.21. The maximum atomic E-state index is 12.6. The molecule has 1 atom stereocenters. The Bertz CT molecular complexity index is 986. The number of nitro groups is 1. The van der Waals surface area contributed by atoms with Gasteiger partial charge in [-0.05, 0) is 31.0 Å². The van der Waals surface area contributed by atoms with E-state index < -0.39 is 4.92 Å². The molecule has 4 rings (SSSR count). The highest BCUT2D eigenvalue weighted by Gasteiger charge is 2.27. The molecule has 1 aromatic heterocycles. The summed E-state index contributed by atoms with van der Waals surface area (Å²) in [6.45, 7) is 1.05. The number of likely N-dealkylation sites (tertiary alicyclic amines) is 1. The Labute approximate surface area is 165 Å². The van der Waals surface area contributed by atoms with Crippen LogP contribution in [0.4, 0.5) is 5.69 Å². The van der Waals surface area contributed by atoms with E-state index in [1.54, 1.807) is 28.4 Å². The molecule has 2 aromatic carbocycles. The molecule has 0 aliphatic carbocycles. The lowest BCUT2D eigenvalue weighted by molar-refractivity contribution is -0.385. The maximum Gasteiger partial charge on any atom is 0.310 e. The number of ether oxygens (including phenoxy) is 1. The number of nitrogens with zero attached hydrogens (tertiary/aromatic N) is 3. The third kappa shape index (κ3) is 3.82. The molecule has 1 fully saturated rings. The number of aromatic nitrogens is 1. The van der Waals surface area contributed by atoms with Gasteiger partial charge in [-0.25, -0.2) is 4.98 Å². The predicted molar refractivity (Wildman–Crippen MR) is 107 cm³/mol. The molecule has 2 heterocycles. The van der Waals surface area contributed by atoms with Gasteiger partial charge in [0.1, 0.15) is 0 Å². The summed E-state index contributed by atoms with van der Waals surface area (Å²) >= 11 is 1.68. The van der Waals surface area contributed by atoms with E-state index in [4.69, 9.17) is 9.72 Å². The number of thiazole rings is 1. The van der Waals surface area contributed by atoms with Crippen molar-refractivity contribution < 1.29 is 14.5 Å². The van der Waals surface area contributed by atoms with Gasteiger partial charge in [0.25, 0.3) is 5.91 Å². The minimum Gasteiger partial charge on any atom is -0.477 e. The number of rotatable bonds is 5. The second kappa shape index (κ2) is 7.93. The Morgan fingerprint density at radius 2 is 2.04 bits per heavy atom. The Morgan fingerprint density at radius 1 is 1.25 bits per heavy atom. The fraction of sp³-hybridized carbons (Fsp3) is 0.300. The molecule has 1 amide bonds. The highest BCUT2D eigenvalue weighted by molar-refractivity contribution is 7.18. The average Bonchev–Trinajstić information content (AvgIpc) is 3.16. The SMILES string of the molecule is O=C(COc1ccccc1[N+](=O)[O-])N1CCC[C@@H](c2nc3ccccc3s2)C1. The van der Waals surface area contributed by atoms with Crippen LogP contribution in [0.5, 0.6) is 5.75 Å². The number of piperidine rings is 1. The van der Waals surface area contributed by atoms with Crippen LogP contribution in [0, 0.1) is 10.1 Å². The molecule has 1 aliphatic rings. The molecular formula is C20H19N3O4S. The average molecular weight is 397 g/mol. The van der Waals surface area contributed by atoms with Gasteiger partial charge in [-0.15, -0.1) is 11.3 Å². The van der Waals surface area contributed by atoms with Crippen LogP contribution in [0.3, 0.4) is 0 Å². The van der Waals surface area contributed by atoms with Crippen LogP contribution < -0.4 is 4.74 Å². The van der Waals surface area contributed by atoms with Crippen LogP contribution in [0.1, 0.15) is 23.8 Å². The first-order chi connectivity index (χ1) is 13.6. The standard InChI is InChI=1S/C20H19N3O4S/c24-19(13-27-17-9-3-2-8-16(17)23(25)26)22-11-5-6-14(12-22)20-21-15-7-1-4-10-18(15)28-20/h1-4,7-10,14H,5-6,11-13H2/t14-/m1/s1. The van der Waals surface area contributed by atoms with Gasteiger partial charge >= 0.3 is 5.69 Å². The molecule has 0 spiro atoms. The van der Waals surface area contributed by atoms with Crippen molar-refractivity contribution in [1.82, 2.24) is 9.88 Å². The first kappa shape index (κ1) is 18.4. The number of hydrogen-bond donors (Lipinski definition) is 0. The van der Waals surface area contributed by atoms with E-state index in [0.717, 1.165) is 28.1 Å². The van der Waals surface area contributed by atoms with E-state index in [-0.39, 0.29) is 29.9 Å². The highest BCUT2D eigenvalue weighted by Crippen LogP contribution is 2.33. The number of hydrogen-bond acceptors (Lipinski definition) is 6.